The Morgan fingerprint density at radius 3 is 2.27 bits per heavy atom. The van der Waals surface area contributed by atoms with Crippen molar-refractivity contribution in [3.05, 3.63) is 95.0 Å². The molecular formula is C30H30ClF3N2O4. The van der Waals surface area contributed by atoms with Gasteiger partial charge >= 0.3 is 6.36 Å². The van der Waals surface area contributed by atoms with E-state index in [-0.39, 0.29) is 37.0 Å². The largest absolute Gasteiger partial charge is 0.573 e. The summed E-state index contributed by atoms with van der Waals surface area (Å²) in [5.41, 5.74) is 0.564. The van der Waals surface area contributed by atoms with Crippen molar-refractivity contribution < 1.29 is 32.2 Å². The van der Waals surface area contributed by atoms with E-state index in [1.807, 2.05) is 30.3 Å². The quantitative estimate of drug-likeness (QED) is 0.289. The molecule has 212 valence electrons. The van der Waals surface area contributed by atoms with Crippen LogP contribution >= 0.6 is 11.6 Å². The molecule has 6 nitrogen and oxygen atoms in total. The molecule has 1 heterocycles. The van der Waals surface area contributed by atoms with Crippen molar-refractivity contribution in [1.29, 1.82) is 0 Å². The second-order valence-corrected chi connectivity index (χ2v) is 10.5. The summed E-state index contributed by atoms with van der Waals surface area (Å²) in [6, 6.07) is 21.4. The maximum absolute atomic E-state index is 13.4. The minimum atomic E-state index is -4.82. The highest BCUT2D eigenvalue weighted by molar-refractivity contribution is 6.30. The Hall–Kier alpha value is -3.72. The number of hydrogen-bond donors (Lipinski definition) is 0. The summed E-state index contributed by atoms with van der Waals surface area (Å²) in [7, 11) is 1.75. The van der Waals surface area contributed by atoms with Crippen LogP contribution in [0.25, 0.3) is 0 Å². The van der Waals surface area contributed by atoms with Gasteiger partial charge in [0.05, 0.1) is 6.61 Å². The standard InChI is InChI=1S/C30H30ClF3N2O4/c1-35(19-22-6-3-2-4-7-22)27(37)18-29(21-39-25-14-10-24(31)11-15-25)16-5-17-36(20-29)28(38)23-8-12-26(13-9-23)40-30(32,33)34/h2-4,6-15H,5,16-21H2,1H3/t29-/m0/s1. The van der Waals surface area contributed by atoms with Gasteiger partial charge in [0, 0.05) is 49.1 Å². The van der Waals surface area contributed by atoms with Crippen LogP contribution in [-0.4, -0.2) is 54.7 Å². The van der Waals surface area contributed by atoms with Crippen molar-refractivity contribution in [2.45, 2.75) is 32.2 Å². The third kappa shape index (κ3) is 8.14. The van der Waals surface area contributed by atoms with Crippen LogP contribution in [0.5, 0.6) is 11.5 Å². The molecule has 1 aliphatic heterocycles. The maximum Gasteiger partial charge on any atom is 0.573 e. The molecule has 2 amide bonds. The summed E-state index contributed by atoms with van der Waals surface area (Å²) < 4.78 is 47.6. The monoisotopic (exact) mass is 574 g/mol. The fourth-order valence-corrected chi connectivity index (χ4v) is 4.97. The van der Waals surface area contributed by atoms with E-state index in [1.165, 1.54) is 12.1 Å². The fraction of sp³-hybridized carbons (Fsp3) is 0.333. The molecule has 0 radical (unpaired) electrons. The lowest BCUT2D eigenvalue weighted by Gasteiger charge is -2.43. The van der Waals surface area contributed by atoms with Crippen LogP contribution in [0.3, 0.4) is 0 Å². The van der Waals surface area contributed by atoms with Gasteiger partial charge < -0.3 is 19.3 Å². The summed E-state index contributed by atoms with van der Waals surface area (Å²) in [6.45, 7) is 1.35. The molecule has 0 spiro atoms. The number of benzene rings is 3. The van der Waals surface area contributed by atoms with Crippen molar-refractivity contribution in [2.24, 2.45) is 5.41 Å². The van der Waals surface area contributed by atoms with Crippen molar-refractivity contribution >= 4 is 23.4 Å². The number of rotatable bonds is 9. The first-order chi connectivity index (χ1) is 19.0. The molecule has 3 aromatic rings. The smallest absolute Gasteiger partial charge is 0.493 e. The minimum Gasteiger partial charge on any atom is -0.493 e. The number of likely N-dealkylation sites (tertiary alicyclic amines) is 1. The summed E-state index contributed by atoms with van der Waals surface area (Å²) in [4.78, 5) is 30.1. The van der Waals surface area contributed by atoms with Gasteiger partial charge in [-0.3, -0.25) is 9.59 Å². The van der Waals surface area contributed by atoms with Crippen LogP contribution in [0.1, 0.15) is 35.2 Å². The zero-order valence-electron chi connectivity index (χ0n) is 22.0. The highest BCUT2D eigenvalue weighted by Crippen LogP contribution is 2.36. The molecule has 0 aliphatic carbocycles. The van der Waals surface area contributed by atoms with E-state index in [2.05, 4.69) is 4.74 Å². The second-order valence-electron chi connectivity index (χ2n) is 10.1. The van der Waals surface area contributed by atoms with Crippen LogP contribution in [-0.2, 0) is 11.3 Å². The molecule has 10 heteroatoms. The third-order valence-corrected chi connectivity index (χ3v) is 7.11. The van der Waals surface area contributed by atoms with E-state index in [9.17, 15) is 22.8 Å². The molecule has 0 bridgehead atoms. The van der Waals surface area contributed by atoms with Gasteiger partial charge in [0.2, 0.25) is 5.91 Å². The zero-order chi connectivity index (χ0) is 28.8. The average Bonchev–Trinajstić information content (AvgIpc) is 2.92. The average molecular weight is 575 g/mol. The van der Waals surface area contributed by atoms with E-state index in [1.54, 1.807) is 41.1 Å². The number of piperidine rings is 1. The summed E-state index contributed by atoms with van der Waals surface area (Å²) in [5, 5.41) is 0.570. The Kier molecular flexibility index (Phi) is 9.25. The Labute approximate surface area is 236 Å². The minimum absolute atomic E-state index is 0.0773. The van der Waals surface area contributed by atoms with E-state index in [0.29, 0.717) is 36.7 Å². The first-order valence-corrected chi connectivity index (χ1v) is 13.2. The van der Waals surface area contributed by atoms with Gasteiger partial charge in [-0.25, -0.2) is 0 Å². The maximum atomic E-state index is 13.4. The molecule has 1 aliphatic rings. The lowest BCUT2D eigenvalue weighted by atomic mass is 9.77. The Balaban J connectivity index is 1.51. The van der Waals surface area contributed by atoms with Gasteiger partial charge in [-0.1, -0.05) is 41.9 Å². The van der Waals surface area contributed by atoms with Crippen LogP contribution in [0.4, 0.5) is 13.2 Å². The number of carbonyl (C=O) groups excluding carboxylic acids is 2. The van der Waals surface area contributed by atoms with E-state index in [0.717, 1.165) is 17.7 Å². The molecule has 3 aromatic carbocycles. The number of nitrogens with zero attached hydrogens (tertiary/aromatic N) is 2. The molecule has 0 unspecified atom stereocenters. The van der Waals surface area contributed by atoms with Crippen LogP contribution < -0.4 is 9.47 Å². The Morgan fingerprint density at radius 1 is 0.975 bits per heavy atom. The molecule has 40 heavy (non-hydrogen) atoms. The van der Waals surface area contributed by atoms with Crippen molar-refractivity contribution in [3.8, 4) is 11.5 Å². The molecule has 0 aromatic heterocycles. The number of carbonyl (C=O) groups is 2. The molecule has 4 rings (SSSR count). The number of amides is 2. The summed E-state index contributed by atoms with van der Waals surface area (Å²) >= 11 is 6.00. The highest BCUT2D eigenvalue weighted by atomic mass is 35.5. The highest BCUT2D eigenvalue weighted by Gasteiger charge is 2.41. The van der Waals surface area contributed by atoms with E-state index < -0.39 is 17.5 Å². The topological polar surface area (TPSA) is 59.1 Å². The fourth-order valence-electron chi connectivity index (χ4n) is 4.84. The number of halogens is 4. The molecule has 0 N–H and O–H groups in total. The van der Waals surface area contributed by atoms with E-state index >= 15 is 0 Å². The Morgan fingerprint density at radius 2 is 1.62 bits per heavy atom. The lowest BCUT2D eigenvalue weighted by Crippen LogP contribution is -2.50. The molecular weight excluding hydrogens is 545 g/mol. The van der Waals surface area contributed by atoms with Gasteiger partial charge in [0.25, 0.3) is 5.91 Å². The van der Waals surface area contributed by atoms with Crippen molar-refractivity contribution in [1.82, 2.24) is 9.80 Å². The first kappa shape index (κ1) is 29.3. The van der Waals surface area contributed by atoms with Crippen LogP contribution in [0.2, 0.25) is 5.02 Å². The molecule has 0 saturated carbocycles. The molecule has 1 saturated heterocycles. The summed E-state index contributed by atoms with van der Waals surface area (Å²) in [5.74, 6) is -0.219. The predicted molar refractivity (Wildman–Crippen MR) is 145 cm³/mol. The summed E-state index contributed by atoms with van der Waals surface area (Å²) in [6.07, 6.45) is -3.36. The second kappa shape index (κ2) is 12.6. The SMILES string of the molecule is CN(Cc1ccccc1)C(=O)C[C@@]1(COc2ccc(Cl)cc2)CCCN(C(=O)c2ccc(OC(F)(F)F)cc2)C1. The van der Waals surface area contributed by atoms with Crippen molar-refractivity contribution in [3.63, 3.8) is 0 Å². The molecule has 1 fully saturated rings. The van der Waals surface area contributed by atoms with Gasteiger partial charge in [-0.15, -0.1) is 13.2 Å². The predicted octanol–water partition coefficient (Wildman–Crippen LogP) is 6.59. The third-order valence-electron chi connectivity index (χ3n) is 6.86. The lowest BCUT2D eigenvalue weighted by molar-refractivity contribution is -0.274. The number of alkyl halides is 3. The van der Waals surface area contributed by atoms with Gasteiger partial charge in [0.1, 0.15) is 11.5 Å². The number of ether oxygens (including phenoxy) is 2. The number of hydrogen-bond acceptors (Lipinski definition) is 4. The normalized spacial score (nSPS) is 17.3. The Bertz CT molecular complexity index is 1290. The van der Waals surface area contributed by atoms with Gasteiger partial charge in [0.15, 0.2) is 0 Å². The van der Waals surface area contributed by atoms with Crippen molar-refractivity contribution in [2.75, 3.05) is 26.7 Å². The van der Waals surface area contributed by atoms with Gasteiger partial charge in [-0.2, -0.15) is 0 Å². The molecule has 1 atom stereocenters. The van der Waals surface area contributed by atoms with Crippen LogP contribution in [0.15, 0.2) is 78.9 Å². The van der Waals surface area contributed by atoms with Crippen LogP contribution in [0, 0.1) is 5.41 Å². The van der Waals surface area contributed by atoms with Gasteiger partial charge in [-0.05, 0) is 66.9 Å². The first-order valence-electron chi connectivity index (χ1n) is 12.8. The zero-order valence-corrected chi connectivity index (χ0v) is 22.8. The van der Waals surface area contributed by atoms with E-state index in [4.69, 9.17) is 16.3 Å².